The molecular formula is C23H24N8O2. The molecule has 2 N–H and O–H groups in total. The largest absolute Gasteiger partial charge is 0.496 e. The molecule has 0 atom stereocenters. The first-order chi connectivity index (χ1) is 16.1. The molecule has 1 aliphatic heterocycles. The zero-order valence-corrected chi connectivity index (χ0v) is 18.5. The zero-order chi connectivity index (χ0) is 22.5. The van der Waals surface area contributed by atoms with E-state index in [0.717, 1.165) is 37.2 Å². The van der Waals surface area contributed by atoms with Gasteiger partial charge in [-0.3, -0.25) is 4.90 Å². The Labute approximate surface area is 189 Å². The maximum absolute atomic E-state index is 6.21. The minimum Gasteiger partial charge on any atom is -0.496 e. The molecule has 5 aromatic rings. The van der Waals surface area contributed by atoms with Gasteiger partial charge in [0.25, 0.3) is 0 Å². The summed E-state index contributed by atoms with van der Waals surface area (Å²) in [5.41, 5.74) is 11.5. The minimum absolute atomic E-state index is 0.263. The second-order valence-electron chi connectivity index (χ2n) is 8.28. The van der Waals surface area contributed by atoms with Crippen LogP contribution in [0.3, 0.4) is 0 Å². The van der Waals surface area contributed by atoms with Crippen molar-refractivity contribution in [2.24, 2.45) is 0 Å². The van der Waals surface area contributed by atoms with E-state index in [1.54, 1.807) is 25.6 Å². The van der Waals surface area contributed by atoms with Crippen LogP contribution in [0.5, 0.6) is 5.75 Å². The summed E-state index contributed by atoms with van der Waals surface area (Å²) >= 11 is 0. The van der Waals surface area contributed by atoms with Crippen LogP contribution < -0.4 is 10.5 Å². The predicted octanol–water partition coefficient (Wildman–Crippen LogP) is 2.69. The standard InChI is InChI=1S/C23H24N8O2/c1-14-17-13-29(8-7-15(17)5-6-18(14)32-2)9-10-30-21-16(12-25-30)22-26-20(19-4-3-11-33-19)28-31(22)23(24)27-21/h3-6,11-12H,7-10,13H2,1-2H3,(H2,24,27). The third kappa shape index (κ3) is 3.21. The number of fused-ring (bicyclic) bond motifs is 4. The molecule has 0 saturated carbocycles. The van der Waals surface area contributed by atoms with Crippen LogP contribution >= 0.6 is 0 Å². The van der Waals surface area contributed by atoms with E-state index in [1.165, 1.54) is 21.2 Å². The van der Waals surface area contributed by atoms with Gasteiger partial charge in [-0.25, -0.2) is 9.67 Å². The van der Waals surface area contributed by atoms with Crippen molar-refractivity contribution in [3.63, 3.8) is 0 Å². The molecule has 1 aliphatic rings. The first-order valence-corrected chi connectivity index (χ1v) is 10.9. The SMILES string of the molecule is COc1ccc2c(c1C)CN(CCn1ncc3c1nc(N)n1nc(-c4ccco4)nc31)CC2. The fourth-order valence-corrected chi connectivity index (χ4v) is 4.61. The van der Waals surface area contributed by atoms with Crippen molar-refractivity contribution in [3.8, 4) is 17.3 Å². The number of nitrogens with two attached hydrogens (primary N) is 1. The van der Waals surface area contributed by atoms with Gasteiger partial charge in [0.05, 0.1) is 31.5 Å². The fourth-order valence-electron chi connectivity index (χ4n) is 4.61. The zero-order valence-electron chi connectivity index (χ0n) is 18.5. The van der Waals surface area contributed by atoms with Gasteiger partial charge in [-0.05, 0) is 48.2 Å². The Bertz CT molecular complexity index is 1470. The topological polar surface area (TPSA) is 113 Å². The van der Waals surface area contributed by atoms with Crippen LogP contribution in [0.1, 0.15) is 16.7 Å². The molecule has 0 amide bonds. The highest BCUT2D eigenvalue weighted by Crippen LogP contribution is 2.29. The summed E-state index contributed by atoms with van der Waals surface area (Å²) in [7, 11) is 1.72. The van der Waals surface area contributed by atoms with Gasteiger partial charge in [-0.15, -0.1) is 5.10 Å². The Morgan fingerprint density at radius 2 is 2.06 bits per heavy atom. The van der Waals surface area contributed by atoms with Crippen LogP contribution in [0.15, 0.2) is 41.1 Å². The van der Waals surface area contributed by atoms with Crippen LogP contribution in [0.2, 0.25) is 0 Å². The molecule has 10 nitrogen and oxygen atoms in total. The number of hydrogen-bond donors (Lipinski definition) is 1. The van der Waals surface area contributed by atoms with Gasteiger partial charge in [0.2, 0.25) is 11.8 Å². The van der Waals surface area contributed by atoms with Crippen molar-refractivity contribution >= 4 is 22.6 Å². The van der Waals surface area contributed by atoms with E-state index in [9.17, 15) is 0 Å². The predicted molar refractivity (Wildman–Crippen MR) is 123 cm³/mol. The lowest BCUT2D eigenvalue weighted by Crippen LogP contribution is -2.33. The third-order valence-corrected chi connectivity index (χ3v) is 6.41. The summed E-state index contributed by atoms with van der Waals surface area (Å²) in [6.45, 7) is 5.59. The van der Waals surface area contributed by atoms with Crippen LogP contribution in [0, 0.1) is 6.92 Å². The average molecular weight is 444 g/mol. The van der Waals surface area contributed by atoms with Crippen LogP contribution in [-0.2, 0) is 19.5 Å². The first-order valence-electron chi connectivity index (χ1n) is 10.9. The lowest BCUT2D eigenvalue weighted by molar-refractivity contribution is 0.240. The number of anilines is 1. The third-order valence-electron chi connectivity index (χ3n) is 6.41. The summed E-state index contributed by atoms with van der Waals surface area (Å²) in [6, 6.07) is 7.87. The number of rotatable bonds is 5. The van der Waals surface area contributed by atoms with Gasteiger partial charge in [0, 0.05) is 19.6 Å². The normalized spacial score (nSPS) is 14.2. The van der Waals surface area contributed by atoms with Crippen LogP contribution in [-0.4, -0.2) is 54.5 Å². The summed E-state index contributed by atoms with van der Waals surface area (Å²) in [4.78, 5) is 11.6. The Morgan fingerprint density at radius 3 is 2.88 bits per heavy atom. The number of ether oxygens (including phenoxy) is 1. The second-order valence-corrected chi connectivity index (χ2v) is 8.28. The quantitative estimate of drug-likeness (QED) is 0.440. The summed E-state index contributed by atoms with van der Waals surface area (Å²) in [6.07, 6.45) is 4.40. The van der Waals surface area contributed by atoms with Gasteiger partial charge < -0.3 is 14.9 Å². The maximum atomic E-state index is 6.21. The summed E-state index contributed by atoms with van der Waals surface area (Å²) in [5, 5.41) is 9.83. The van der Waals surface area contributed by atoms with Gasteiger partial charge in [0.15, 0.2) is 17.1 Å². The number of benzene rings is 1. The van der Waals surface area contributed by atoms with Crippen molar-refractivity contribution in [1.29, 1.82) is 0 Å². The number of nitrogen functional groups attached to an aromatic ring is 1. The average Bonchev–Trinajstić information content (AvgIpc) is 3.57. The summed E-state index contributed by atoms with van der Waals surface area (Å²) in [5.74, 6) is 2.25. The Morgan fingerprint density at radius 1 is 1.15 bits per heavy atom. The number of nitrogens with zero attached hydrogens (tertiary/aromatic N) is 7. The lowest BCUT2D eigenvalue weighted by Gasteiger charge is -2.30. The van der Waals surface area contributed by atoms with Crippen molar-refractivity contribution in [1.82, 2.24) is 34.3 Å². The number of aromatic nitrogens is 6. The van der Waals surface area contributed by atoms with E-state index in [4.69, 9.17) is 14.9 Å². The molecule has 0 saturated heterocycles. The molecule has 0 bridgehead atoms. The molecule has 6 rings (SSSR count). The molecule has 0 fully saturated rings. The van der Waals surface area contributed by atoms with Crippen molar-refractivity contribution < 1.29 is 9.15 Å². The molecule has 33 heavy (non-hydrogen) atoms. The number of methoxy groups -OCH3 is 1. The highest BCUT2D eigenvalue weighted by molar-refractivity contribution is 5.90. The smallest absolute Gasteiger partial charge is 0.225 e. The summed E-state index contributed by atoms with van der Waals surface area (Å²) < 4.78 is 14.4. The molecule has 0 unspecified atom stereocenters. The Hall–Kier alpha value is -3.92. The minimum atomic E-state index is 0.263. The molecule has 5 heterocycles. The molecule has 0 spiro atoms. The van der Waals surface area contributed by atoms with E-state index in [0.29, 0.717) is 29.4 Å². The highest BCUT2D eigenvalue weighted by atomic mass is 16.5. The molecule has 10 heteroatoms. The monoisotopic (exact) mass is 444 g/mol. The van der Waals surface area contributed by atoms with Gasteiger partial charge >= 0.3 is 0 Å². The molecule has 0 radical (unpaired) electrons. The van der Waals surface area contributed by atoms with Crippen molar-refractivity contribution in [2.75, 3.05) is 25.9 Å². The number of furan rings is 1. The number of hydrogen-bond acceptors (Lipinski definition) is 8. The first kappa shape index (κ1) is 19.7. The Kier molecular flexibility index (Phi) is 4.54. The molecule has 0 aliphatic carbocycles. The molecular weight excluding hydrogens is 420 g/mol. The van der Waals surface area contributed by atoms with E-state index < -0.39 is 0 Å². The Balaban J connectivity index is 1.27. The van der Waals surface area contributed by atoms with E-state index >= 15 is 0 Å². The van der Waals surface area contributed by atoms with Gasteiger partial charge in [0.1, 0.15) is 5.75 Å². The van der Waals surface area contributed by atoms with E-state index in [-0.39, 0.29) is 5.95 Å². The van der Waals surface area contributed by atoms with Gasteiger partial charge in [-0.2, -0.15) is 14.6 Å². The van der Waals surface area contributed by atoms with Crippen LogP contribution in [0.25, 0.3) is 28.3 Å². The van der Waals surface area contributed by atoms with E-state index in [1.807, 2.05) is 10.7 Å². The van der Waals surface area contributed by atoms with E-state index in [2.05, 4.69) is 44.1 Å². The second kappa shape index (κ2) is 7.59. The fraction of sp³-hybridized carbons (Fsp3) is 0.304. The lowest BCUT2D eigenvalue weighted by atomic mass is 9.95. The van der Waals surface area contributed by atoms with Crippen molar-refractivity contribution in [2.45, 2.75) is 26.4 Å². The van der Waals surface area contributed by atoms with Gasteiger partial charge in [-0.1, -0.05) is 6.07 Å². The highest BCUT2D eigenvalue weighted by Gasteiger charge is 2.21. The molecule has 168 valence electrons. The van der Waals surface area contributed by atoms with Crippen LogP contribution in [0.4, 0.5) is 5.95 Å². The molecule has 1 aromatic carbocycles. The maximum Gasteiger partial charge on any atom is 0.225 e. The van der Waals surface area contributed by atoms with Crippen molar-refractivity contribution in [3.05, 3.63) is 53.4 Å². The molecule has 4 aromatic heterocycles.